The lowest BCUT2D eigenvalue weighted by molar-refractivity contribution is 0.269. The Morgan fingerprint density at radius 1 is 1.12 bits per heavy atom. The highest BCUT2D eigenvalue weighted by Gasteiger charge is 2.12. The van der Waals surface area contributed by atoms with Crippen LogP contribution < -0.4 is 9.47 Å². The van der Waals surface area contributed by atoms with Crippen LogP contribution in [0.4, 0.5) is 0 Å². The Morgan fingerprint density at radius 3 is 2.71 bits per heavy atom. The molecule has 0 fully saturated rings. The molecule has 2 aromatic heterocycles. The highest BCUT2D eigenvalue weighted by atomic mass is 16.5. The van der Waals surface area contributed by atoms with E-state index in [0.29, 0.717) is 12.4 Å². The fourth-order valence-electron chi connectivity index (χ4n) is 2.39. The second-order valence-corrected chi connectivity index (χ2v) is 5.05. The number of aliphatic hydroxyl groups is 1. The molecule has 0 spiro atoms. The predicted octanol–water partition coefficient (Wildman–Crippen LogP) is 2.02. The lowest BCUT2D eigenvalue weighted by atomic mass is 10.0. The molecule has 0 amide bonds. The maximum Gasteiger partial charge on any atom is 0.319 e. The van der Waals surface area contributed by atoms with Crippen LogP contribution in [0.15, 0.2) is 42.7 Å². The SMILES string of the molecule is COc1ncc(-c2cccc(-c3ccn(CCO)n3)c2)c(OC)n1. The standard InChI is InChI=1S/C17H18N4O3/c1-23-16-14(11-18-17(19-16)24-2)12-4-3-5-13(10-12)15-6-7-21(20-15)8-9-22/h3-7,10-11,22H,8-9H2,1-2H3. The van der Waals surface area contributed by atoms with E-state index < -0.39 is 0 Å². The van der Waals surface area contributed by atoms with E-state index in [-0.39, 0.29) is 12.6 Å². The molecule has 124 valence electrons. The van der Waals surface area contributed by atoms with Crippen LogP contribution in [-0.2, 0) is 6.54 Å². The van der Waals surface area contributed by atoms with Crippen molar-refractivity contribution in [3.63, 3.8) is 0 Å². The number of hydrogen-bond donors (Lipinski definition) is 1. The first kappa shape index (κ1) is 15.9. The normalized spacial score (nSPS) is 10.6. The third kappa shape index (κ3) is 3.21. The number of nitrogens with zero attached hydrogens (tertiary/aromatic N) is 4. The quantitative estimate of drug-likeness (QED) is 0.746. The Kier molecular flexibility index (Phi) is 4.72. The maximum absolute atomic E-state index is 8.99. The number of hydrogen-bond acceptors (Lipinski definition) is 6. The average Bonchev–Trinajstić information content (AvgIpc) is 3.10. The van der Waals surface area contributed by atoms with Gasteiger partial charge in [0.25, 0.3) is 0 Å². The van der Waals surface area contributed by atoms with E-state index in [4.69, 9.17) is 14.6 Å². The van der Waals surface area contributed by atoms with Crippen LogP contribution in [0.2, 0.25) is 0 Å². The van der Waals surface area contributed by atoms with Crippen LogP contribution in [0, 0.1) is 0 Å². The van der Waals surface area contributed by atoms with Crippen LogP contribution in [0.5, 0.6) is 11.9 Å². The molecule has 0 atom stereocenters. The number of aliphatic hydroxyl groups excluding tert-OH is 1. The Hall–Kier alpha value is -2.93. The third-order valence-electron chi connectivity index (χ3n) is 3.55. The van der Waals surface area contributed by atoms with Crippen molar-refractivity contribution in [2.45, 2.75) is 6.54 Å². The summed E-state index contributed by atoms with van der Waals surface area (Å²) < 4.78 is 12.1. The van der Waals surface area contributed by atoms with Crippen LogP contribution >= 0.6 is 0 Å². The maximum atomic E-state index is 8.99. The fourth-order valence-corrected chi connectivity index (χ4v) is 2.39. The van der Waals surface area contributed by atoms with Gasteiger partial charge in [0.15, 0.2) is 0 Å². The predicted molar refractivity (Wildman–Crippen MR) is 88.9 cm³/mol. The van der Waals surface area contributed by atoms with Gasteiger partial charge in [-0.05, 0) is 17.7 Å². The van der Waals surface area contributed by atoms with Gasteiger partial charge in [-0.15, -0.1) is 0 Å². The monoisotopic (exact) mass is 326 g/mol. The van der Waals surface area contributed by atoms with Gasteiger partial charge in [-0.3, -0.25) is 4.68 Å². The summed E-state index contributed by atoms with van der Waals surface area (Å²) in [6, 6.07) is 10.1. The van der Waals surface area contributed by atoms with Crippen molar-refractivity contribution in [1.29, 1.82) is 0 Å². The minimum absolute atomic E-state index is 0.0571. The minimum Gasteiger partial charge on any atom is -0.480 e. The van der Waals surface area contributed by atoms with Gasteiger partial charge in [-0.2, -0.15) is 10.1 Å². The Bertz CT molecular complexity index is 832. The summed E-state index contributed by atoms with van der Waals surface area (Å²) >= 11 is 0. The van der Waals surface area contributed by atoms with Crippen molar-refractivity contribution < 1.29 is 14.6 Å². The van der Waals surface area contributed by atoms with Gasteiger partial charge in [0.1, 0.15) is 0 Å². The highest BCUT2D eigenvalue weighted by molar-refractivity contribution is 5.73. The Labute approximate surface area is 139 Å². The molecule has 0 saturated carbocycles. The van der Waals surface area contributed by atoms with Gasteiger partial charge >= 0.3 is 6.01 Å². The average molecular weight is 326 g/mol. The largest absolute Gasteiger partial charge is 0.480 e. The molecule has 0 bridgehead atoms. The van der Waals surface area contributed by atoms with E-state index >= 15 is 0 Å². The van der Waals surface area contributed by atoms with Gasteiger partial charge < -0.3 is 14.6 Å². The Balaban J connectivity index is 1.98. The van der Waals surface area contributed by atoms with Crippen molar-refractivity contribution in [1.82, 2.24) is 19.7 Å². The summed E-state index contributed by atoms with van der Waals surface area (Å²) in [5, 5.41) is 13.4. The van der Waals surface area contributed by atoms with Crippen LogP contribution in [-0.4, -0.2) is 45.7 Å². The molecule has 0 aliphatic rings. The number of methoxy groups -OCH3 is 2. The highest BCUT2D eigenvalue weighted by Crippen LogP contribution is 2.31. The lowest BCUT2D eigenvalue weighted by Crippen LogP contribution is -2.02. The third-order valence-corrected chi connectivity index (χ3v) is 3.55. The van der Waals surface area contributed by atoms with E-state index in [1.807, 2.05) is 36.5 Å². The van der Waals surface area contributed by atoms with Gasteiger partial charge in [-0.1, -0.05) is 18.2 Å². The number of benzene rings is 1. The smallest absolute Gasteiger partial charge is 0.319 e. The summed E-state index contributed by atoms with van der Waals surface area (Å²) in [5.74, 6) is 0.449. The van der Waals surface area contributed by atoms with Crippen molar-refractivity contribution in [3.8, 4) is 34.3 Å². The molecule has 7 nitrogen and oxygen atoms in total. The van der Waals surface area contributed by atoms with Crippen LogP contribution in [0.1, 0.15) is 0 Å². The van der Waals surface area contributed by atoms with Gasteiger partial charge in [0.05, 0.1) is 38.6 Å². The lowest BCUT2D eigenvalue weighted by Gasteiger charge is -2.09. The van der Waals surface area contributed by atoms with Crippen molar-refractivity contribution in [2.24, 2.45) is 0 Å². The molecule has 0 unspecified atom stereocenters. The van der Waals surface area contributed by atoms with Crippen molar-refractivity contribution >= 4 is 0 Å². The summed E-state index contributed by atoms with van der Waals surface area (Å²) in [7, 11) is 3.07. The molecule has 0 aliphatic carbocycles. The molecule has 7 heteroatoms. The van der Waals surface area contributed by atoms with E-state index in [9.17, 15) is 0 Å². The summed E-state index contributed by atoms with van der Waals surface area (Å²) in [4.78, 5) is 8.37. The second kappa shape index (κ2) is 7.10. The molecule has 1 N–H and O–H groups in total. The van der Waals surface area contributed by atoms with Crippen molar-refractivity contribution in [2.75, 3.05) is 20.8 Å². The second-order valence-electron chi connectivity index (χ2n) is 5.05. The molecule has 24 heavy (non-hydrogen) atoms. The van der Waals surface area contributed by atoms with Gasteiger partial charge in [-0.25, -0.2) is 4.98 Å². The van der Waals surface area contributed by atoms with Crippen molar-refractivity contribution in [3.05, 3.63) is 42.7 Å². The molecule has 0 aliphatic heterocycles. The zero-order valence-corrected chi connectivity index (χ0v) is 13.5. The molecular weight excluding hydrogens is 308 g/mol. The molecule has 0 radical (unpaired) electrons. The molecule has 0 saturated heterocycles. The van der Waals surface area contributed by atoms with Gasteiger partial charge in [0, 0.05) is 18.0 Å². The fraction of sp³-hybridized carbons (Fsp3) is 0.235. The molecule has 1 aromatic carbocycles. The summed E-state index contributed by atoms with van der Waals surface area (Å²) in [5.41, 5.74) is 3.49. The zero-order chi connectivity index (χ0) is 16.9. The topological polar surface area (TPSA) is 82.3 Å². The number of ether oxygens (including phenoxy) is 2. The van der Waals surface area contributed by atoms with Gasteiger partial charge in [0.2, 0.25) is 5.88 Å². The van der Waals surface area contributed by atoms with Crippen LogP contribution in [0.25, 0.3) is 22.4 Å². The summed E-state index contributed by atoms with van der Waals surface area (Å²) in [6.45, 7) is 0.529. The van der Waals surface area contributed by atoms with E-state index in [1.54, 1.807) is 18.0 Å². The van der Waals surface area contributed by atoms with E-state index in [2.05, 4.69) is 15.1 Å². The van der Waals surface area contributed by atoms with E-state index in [0.717, 1.165) is 22.4 Å². The first-order valence-corrected chi connectivity index (χ1v) is 7.45. The zero-order valence-electron chi connectivity index (χ0n) is 13.5. The van der Waals surface area contributed by atoms with Crippen LogP contribution in [0.3, 0.4) is 0 Å². The molecule has 3 aromatic rings. The van der Waals surface area contributed by atoms with E-state index in [1.165, 1.54) is 7.11 Å². The molecular formula is C17H18N4O3. The molecule has 3 rings (SSSR count). The first-order valence-electron chi connectivity index (χ1n) is 7.45. The first-order chi connectivity index (χ1) is 11.7. The number of aromatic nitrogens is 4. The minimum atomic E-state index is 0.0571. The number of rotatable bonds is 6. The molecule has 2 heterocycles. The summed E-state index contributed by atoms with van der Waals surface area (Å²) in [6.07, 6.45) is 3.52. The Morgan fingerprint density at radius 2 is 1.96 bits per heavy atom.